The van der Waals surface area contributed by atoms with Crippen molar-refractivity contribution in [1.82, 2.24) is 4.90 Å². The smallest absolute Gasteiger partial charge is 0.0409 e. The lowest BCUT2D eigenvalue weighted by atomic mass is 9.65. The average molecular weight is 296 g/mol. The fourth-order valence-corrected chi connectivity index (χ4v) is 5.48. The quantitative estimate of drug-likeness (QED) is 0.705. The molecule has 1 heterocycles. The molecule has 21 heavy (non-hydrogen) atoms. The van der Waals surface area contributed by atoms with E-state index in [0.717, 1.165) is 11.6 Å². The molecular formula is C19H18ClN. The molecule has 0 radical (unpaired) electrons. The molecule has 2 bridgehead atoms. The molecule has 2 aromatic rings. The summed E-state index contributed by atoms with van der Waals surface area (Å²) in [7, 11) is 2.26. The lowest BCUT2D eigenvalue weighted by Gasteiger charge is -2.37. The van der Waals surface area contributed by atoms with Crippen LogP contribution in [0.2, 0.25) is 5.02 Å². The molecule has 3 aliphatic rings. The van der Waals surface area contributed by atoms with Crippen LogP contribution in [0.25, 0.3) is 0 Å². The number of likely N-dealkylation sites (N-methyl/N-ethyl adjacent to an activating group) is 1. The van der Waals surface area contributed by atoms with Crippen molar-refractivity contribution in [2.45, 2.75) is 23.7 Å². The van der Waals surface area contributed by atoms with Crippen LogP contribution in [0.5, 0.6) is 0 Å². The molecule has 0 amide bonds. The minimum absolute atomic E-state index is 0.313. The fraction of sp³-hybridized carbons (Fsp3) is 0.368. The number of rotatable bonds is 0. The van der Waals surface area contributed by atoms with E-state index in [0.29, 0.717) is 17.3 Å². The third kappa shape index (κ3) is 1.41. The highest BCUT2D eigenvalue weighted by Crippen LogP contribution is 2.63. The van der Waals surface area contributed by atoms with Crippen LogP contribution >= 0.6 is 11.6 Å². The van der Waals surface area contributed by atoms with Gasteiger partial charge in [-0.25, -0.2) is 0 Å². The first-order chi connectivity index (χ1) is 10.2. The molecule has 0 saturated carbocycles. The number of hydrogen-bond donors (Lipinski definition) is 0. The van der Waals surface area contributed by atoms with Crippen LogP contribution < -0.4 is 0 Å². The van der Waals surface area contributed by atoms with Gasteiger partial charge in [0, 0.05) is 35.4 Å². The molecule has 1 spiro atoms. The summed E-state index contributed by atoms with van der Waals surface area (Å²) in [6.07, 6.45) is 1.27. The maximum atomic E-state index is 6.31. The normalized spacial score (nSPS) is 32.7. The first-order valence-electron chi connectivity index (χ1n) is 7.76. The molecule has 0 N–H and O–H groups in total. The van der Waals surface area contributed by atoms with Gasteiger partial charge in [-0.3, -0.25) is 0 Å². The molecule has 5 rings (SSSR count). The Bertz CT molecular complexity index is 753. The van der Waals surface area contributed by atoms with Crippen LogP contribution in [0, 0.1) is 0 Å². The summed E-state index contributed by atoms with van der Waals surface area (Å²) in [6.45, 7) is 2.32. The van der Waals surface area contributed by atoms with Gasteiger partial charge >= 0.3 is 0 Å². The fourth-order valence-electron chi connectivity index (χ4n) is 5.30. The molecule has 106 valence electrons. The molecule has 1 aliphatic heterocycles. The Labute approximate surface area is 130 Å². The van der Waals surface area contributed by atoms with E-state index in [2.05, 4.69) is 54.4 Å². The zero-order chi connectivity index (χ0) is 14.2. The minimum atomic E-state index is 0.313. The first-order valence-corrected chi connectivity index (χ1v) is 8.14. The third-order valence-electron chi connectivity index (χ3n) is 5.95. The van der Waals surface area contributed by atoms with Gasteiger partial charge < -0.3 is 4.90 Å². The van der Waals surface area contributed by atoms with Gasteiger partial charge in [-0.15, -0.1) is 0 Å². The largest absolute Gasteiger partial charge is 0.305 e. The maximum Gasteiger partial charge on any atom is 0.0409 e. The predicted molar refractivity (Wildman–Crippen MR) is 86.3 cm³/mol. The van der Waals surface area contributed by atoms with E-state index in [1.54, 1.807) is 11.1 Å². The van der Waals surface area contributed by atoms with Crippen LogP contribution in [0.4, 0.5) is 0 Å². The summed E-state index contributed by atoms with van der Waals surface area (Å²) in [5.74, 6) is 1.16. The Morgan fingerprint density at radius 1 is 1.10 bits per heavy atom. The Morgan fingerprint density at radius 2 is 1.95 bits per heavy atom. The maximum absolute atomic E-state index is 6.31. The standard InChI is InChI=1S/C19H18ClN/c1-21-10-18-15-8-12(20)6-7-13(15)16-9-19(18,11-21)17-5-3-2-4-14(16)17/h2-8,16,18H,9-11H2,1H3. The summed E-state index contributed by atoms with van der Waals surface area (Å²) in [5.41, 5.74) is 6.48. The summed E-state index contributed by atoms with van der Waals surface area (Å²) in [4.78, 5) is 2.50. The summed E-state index contributed by atoms with van der Waals surface area (Å²) < 4.78 is 0. The van der Waals surface area contributed by atoms with E-state index in [1.807, 2.05) is 0 Å². The van der Waals surface area contributed by atoms with E-state index in [9.17, 15) is 0 Å². The van der Waals surface area contributed by atoms with Crippen molar-refractivity contribution in [3.05, 3.63) is 69.7 Å². The Kier molecular flexibility index (Phi) is 2.28. The number of likely N-dealkylation sites (tertiary alicyclic amines) is 1. The van der Waals surface area contributed by atoms with E-state index < -0.39 is 0 Å². The van der Waals surface area contributed by atoms with E-state index in [4.69, 9.17) is 11.6 Å². The second kappa shape index (κ2) is 3.91. The summed E-state index contributed by atoms with van der Waals surface area (Å²) in [5, 5.41) is 0.879. The van der Waals surface area contributed by atoms with Crippen LogP contribution in [0.1, 0.15) is 40.5 Å². The molecule has 1 saturated heterocycles. The van der Waals surface area contributed by atoms with Gasteiger partial charge in [0.05, 0.1) is 0 Å². The zero-order valence-electron chi connectivity index (χ0n) is 12.1. The van der Waals surface area contributed by atoms with Gasteiger partial charge in [0.25, 0.3) is 0 Å². The molecule has 3 atom stereocenters. The van der Waals surface area contributed by atoms with Gasteiger partial charge in [-0.2, -0.15) is 0 Å². The highest BCUT2D eigenvalue weighted by molar-refractivity contribution is 6.30. The Morgan fingerprint density at radius 3 is 2.86 bits per heavy atom. The van der Waals surface area contributed by atoms with Crippen LogP contribution in [0.3, 0.4) is 0 Å². The van der Waals surface area contributed by atoms with Crippen molar-refractivity contribution in [3.8, 4) is 0 Å². The molecule has 2 heteroatoms. The van der Waals surface area contributed by atoms with Crippen LogP contribution in [-0.4, -0.2) is 25.0 Å². The highest BCUT2D eigenvalue weighted by atomic mass is 35.5. The first kappa shape index (κ1) is 12.3. The Hall–Kier alpha value is -1.31. The molecule has 3 unspecified atom stereocenters. The number of halogens is 1. The van der Waals surface area contributed by atoms with Crippen LogP contribution in [0.15, 0.2) is 42.5 Å². The van der Waals surface area contributed by atoms with Gasteiger partial charge in [0.2, 0.25) is 0 Å². The van der Waals surface area contributed by atoms with Crippen molar-refractivity contribution < 1.29 is 0 Å². The topological polar surface area (TPSA) is 3.24 Å². The Balaban J connectivity index is 1.85. The summed E-state index contributed by atoms with van der Waals surface area (Å²) in [6, 6.07) is 15.7. The van der Waals surface area contributed by atoms with E-state index >= 15 is 0 Å². The van der Waals surface area contributed by atoms with E-state index in [1.165, 1.54) is 24.1 Å². The van der Waals surface area contributed by atoms with Gasteiger partial charge in [-0.1, -0.05) is 41.9 Å². The van der Waals surface area contributed by atoms with Gasteiger partial charge in [0.15, 0.2) is 0 Å². The zero-order valence-corrected chi connectivity index (χ0v) is 12.9. The summed E-state index contributed by atoms with van der Waals surface area (Å²) >= 11 is 6.31. The minimum Gasteiger partial charge on any atom is -0.305 e. The van der Waals surface area contributed by atoms with Gasteiger partial charge in [0.1, 0.15) is 0 Å². The van der Waals surface area contributed by atoms with Crippen molar-refractivity contribution >= 4 is 11.6 Å². The van der Waals surface area contributed by atoms with Gasteiger partial charge in [-0.05, 0) is 47.9 Å². The monoisotopic (exact) mass is 295 g/mol. The lowest BCUT2D eigenvalue weighted by Crippen LogP contribution is -2.34. The average Bonchev–Trinajstić information content (AvgIpc) is 2.97. The third-order valence-corrected chi connectivity index (χ3v) is 6.19. The highest BCUT2D eigenvalue weighted by Gasteiger charge is 2.57. The van der Waals surface area contributed by atoms with Crippen molar-refractivity contribution in [3.63, 3.8) is 0 Å². The molecule has 1 nitrogen and oxygen atoms in total. The number of nitrogens with zero attached hydrogens (tertiary/aromatic N) is 1. The number of hydrogen-bond acceptors (Lipinski definition) is 1. The van der Waals surface area contributed by atoms with E-state index in [-0.39, 0.29) is 0 Å². The van der Waals surface area contributed by atoms with Crippen molar-refractivity contribution in [2.75, 3.05) is 20.1 Å². The molecular weight excluding hydrogens is 278 g/mol. The van der Waals surface area contributed by atoms with Crippen molar-refractivity contribution in [2.24, 2.45) is 0 Å². The second-order valence-electron chi connectivity index (χ2n) is 7.02. The van der Waals surface area contributed by atoms with Crippen LogP contribution in [-0.2, 0) is 5.41 Å². The molecule has 0 aromatic heterocycles. The molecule has 2 aliphatic carbocycles. The predicted octanol–water partition coefficient (Wildman–Crippen LogP) is 4.16. The molecule has 1 fully saturated rings. The lowest BCUT2D eigenvalue weighted by molar-refractivity contribution is 0.347. The second-order valence-corrected chi connectivity index (χ2v) is 7.46. The number of benzene rings is 2. The number of fused-ring (bicyclic) bond motifs is 3. The van der Waals surface area contributed by atoms with Crippen molar-refractivity contribution in [1.29, 1.82) is 0 Å². The molecule has 2 aromatic carbocycles. The SMILES string of the molecule is CN1CC2c3cc(Cl)ccc3C3CC2(C1)c1ccccc13.